The molecule has 152 valence electrons. The first-order valence-corrected chi connectivity index (χ1v) is 9.93. The maximum atomic E-state index is 14.0. The molecule has 3 heterocycles. The van der Waals surface area contributed by atoms with E-state index in [4.69, 9.17) is 5.10 Å². The summed E-state index contributed by atoms with van der Waals surface area (Å²) in [5.41, 5.74) is 2.23. The number of aromatic nitrogens is 3. The Hall–Kier alpha value is -3.52. The summed E-state index contributed by atoms with van der Waals surface area (Å²) in [6.07, 6.45) is 1.84. The lowest BCUT2D eigenvalue weighted by atomic mass is 9.94. The highest BCUT2D eigenvalue weighted by Gasteiger charge is 2.22. The molecule has 0 spiro atoms. The molecular weight excluding hydrogens is 385 g/mol. The van der Waals surface area contributed by atoms with Crippen LogP contribution in [0.2, 0.25) is 0 Å². The van der Waals surface area contributed by atoms with Crippen molar-refractivity contribution in [2.45, 2.75) is 18.8 Å². The molecule has 0 aliphatic carbocycles. The number of rotatable bonds is 3. The number of nitrogens with zero attached hydrogens (tertiary/aromatic N) is 2. The van der Waals surface area contributed by atoms with Gasteiger partial charge in [-0.2, -0.15) is 5.10 Å². The van der Waals surface area contributed by atoms with Crippen molar-refractivity contribution in [1.82, 2.24) is 19.9 Å². The third-order valence-corrected chi connectivity index (χ3v) is 5.59. The van der Waals surface area contributed by atoms with Gasteiger partial charge in [0.05, 0.1) is 27.8 Å². The van der Waals surface area contributed by atoms with E-state index in [-0.39, 0.29) is 17.0 Å². The number of hydrogen-bond acceptors (Lipinski definition) is 4. The minimum absolute atomic E-state index is 0.0464. The third kappa shape index (κ3) is 3.15. The topological polar surface area (TPSA) is 91.3 Å². The molecule has 0 radical (unpaired) electrons. The summed E-state index contributed by atoms with van der Waals surface area (Å²) in [7, 11) is 0. The quantitative estimate of drug-likeness (QED) is 0.489. The lowest BCUT2D eigenvalue weighted by Gasteiger charge is -2.23. The summed E-state index contributed by atoms with van der Waals surface area (Å²) >= 11 is 0. The SMILES string of the molecule is O=C(Nc1cccc2nn3c(C4CCNCC4)cc(=O)[nH]c3c12)c1ccccc1F. The molecule has 1 amide bonds. The Kier molecular flexibility index (Phi) is 4.55. The summed E-state index contributed by atoms with van der Waals surface area (Å²) in [6.45, 7) is 1.79. The predicted octanol–water partition coefficient (Wildman–Crippen LogP) is 3.03. The van der Waals surface area contributed by atoms with Gasteiger partial charge in [-0.15, -0.1) is 0 Å². The van der Waals surface area contributed by atoms with Gasteiger partial charge in [-0.3, -0.25) is 9.59 Å². The fourth-order valence-electron chi connectivity index (χ4n) is 4.13. The maximum absolute atomic E-state index is 14.0. The highest BCUT2D eigenvalue weighted by molar-refractivity contribution is 6.12. The van der Waals surface area contributed by atoms with Gasteiger partial charge < -0.3 is 15.6 Å². The zero-order valence-corrected chi connectivity index (χ0v) is 16.1. The van der Waals surface area contributed by atoms with Crippen molar-refractivity contribution in [1.29, 1.82) is 0 Å². The number of nitrogens with one attached hydrogen (secondary N) is 3. The molecule has 1 aliphatic rings. The standard InChI is InChI=1S/C22H20FN5O2/c23-15-5-2-1-4-14(15)22(30)25-16-6-3-7-17-20(16)21-26-19(29)12-18(28(21)27-17)13-8-10-24-11-9-13/h1-7,12-13,24H,8-11H2,(H,25,30)(H,26,29). The van der Waals surface area contributed by atoms with Gasteiger partial charge >= 0.3 is 0 Å². The minimum Gasteiger partial charge on any atom is -0.321 e. The Morgan fingerprint density at radius 2 is 1.93 bits per heavy atom. The van der Waals surface area contributed by atoms with Crippen LogP contribution in [0.3, 0.4) is 0 Å². The zero-order valence-electron chi connectivity index (χ0n) is 16.1. The molecule has 8 heteroatoms. The molecule has 3 N–H and O–H groups in total. The second kappa shape index (κ2) is 7.38. The van der Waals surface area contributed by atoms with Crippen LogP contribution in [0.4, 0.5) is 10.1 Å². The van der Waals surface area contributed by atoms with Crippen molar-refractivity contribution in [2.24, 2.45) is 0 Å². The van der Waals surface area contributed by atoms with E-state index >= 15 is 0 Å². The first kappa shape index (κ1) is 18.5. The normalized spacial score (nSPS) is 15.0. The Morgan fingerprint density at radius 1 is 1.13 bits per heavy atom. The largest absolute Gasteiger partial charge is 0.321 e. The van der Waals surface area contributed by atoms with Crippen LogP contribution in [-0.2, 0) is 0 Å². The number of amides is 1. The van der Waals surface area contributed by atoms with Crippen molar-refractivity contribution in [3.8, 4) is 0 Å². The molecule has 4 aromatic rings. The van der Waals surface area contributed by atoms with Crippen LogP contribution >= 0.6 is 0 Å². The van der Waals surface area contributed by atoms with Gasteiger partial charge in [0.1, 0.15) is 11.5 Å². The van der Waals surface area contributed by atoms with Gasteiger partial charge in [-0.25, -0.2) is 8.91 Å². The van der Waals surface area contributed by atoms with Crippen LogP contribution < -0.4 is 16.2 Å². The number of halogens is 1. The van der Waals surface area contributed by atoms with Gasteiger partial charge in [-0.1, -0.05) is 18.2 Å². The van der Waals surface area contributed by atoms with E-state index in [1.807, 2.05) is 6.07 Å². The summed E-state index contributed by atoms with van der Waals surface area (Å²) in [5, 5.41) is 11.4. The maximum Gasteiger partial charge on any atom is 0.258 e. The lowest BCUT2D eigenvalue weighted by molar-refractivity contribution is 0.102. The fourth-order valence-corrected chi connectivity index (χ4v) is 4.13. The highest BCUT2D eigenvalue weighted by atomic mass is 19.1. The van der Waals surface area contributed by atoms with E-state index in [0.717, 1.165) is 31.6 Å². The first-order valence-electron chi connectivity index (χ1n) is 9.93. The van der Waals surface area contributed by atoms with Gasteiger partial charge in [0.25, 0.3) is 11.5 Å². The molecule has 1 saturated heterocycles. The molecule has 5 rings (SSSR count). The lowest BCUT2D eigenvalue weighted by Crippen LogP contribution is -2.28. The number of carbonyl (C=O) groups excluding carboxylic acids is 1. The minimum atomic E-state index is -0.594. The number of anilines is 1. The highest BCUT2D eigenvalue weighted by Crippen LogP contribution is 2.30. The molecule has 7 nitrogen and oxygen atoms in total. The van der Waals surface area contributed by atoms with Gasteiger partial charge in [0.2, 0.25) is 0 Å². The van der Waals surface area contributed by atoms with E-state index in [2.05, 4.69) is 15.6 Å². The van der Waals surface area contributed by atoms with Crippen LogP contribution in [0.5, 0.6) is 0 Å². The van der Waals surface area contributed by atoms with Crippen LogP contribution in [-0.4, -0.2) is 33.6 Å². The number of carbonyl (C=O) groups is 1. The summed E-state index contributed by atoms with van der Waals surface area (Å²) in [5.74, 6) is -0.928. The van der Waals surface area contributed by atoms with Crippen molar-refractivity contribution in [2.75, 3.05) is 18.4 Å². The predicted molar refractivity (Wildman–Crippen MR) is 113 cm³/mol. The number of fused-ring (bicyclic) bond motifs is 3. The molecule has 1 aliphatic heterocycles. The fraction of sp³-hybridized carbons (Fsp3) is 0.227. The summed E-state index contributed by atoms with van der Waals surface area (Å²) in [6, 6.07) is 12.7. The molecule has 2 aromatic carbocycles. The molecule has 0 saturated carbocycles. The Balaban J connectivity index is 1.65. The Labute approximate surface area is 170 Å². The summed E-state index contributed by atoms with van der Waals surface area (Å²) in [4.78, 5) is 28.0. The average molecular weight is 405 g/mol. The van der Waals surface area contributed by atoms with E-state index in [1.165, 1.54) is 18.2 Å². The molecule has 0 bridgehead atoms. The average Bonchev–Trinajstić information content (AvgIpc) is 3.13. The molecular formula is C22H20FN5O2. The van der Waals surface area contributed by atoms with E-state index in [0.29, 0.717) is 22.2 Å². The van der Waals surface area contributed by atoms with Crippen molar-refractivity contribution < 1.29 is 9.18 Å². The number of aromatic amines is 1. The molecule has 30 heavy (non-hydrogen) atoms. The van der Waals surface area contributed by atoms with E-state index < -0.39 is 11.7 Å². The van der Waals surface area contributed by atoms with E-state index in [1.54, 1.807) is 28.8 Å². The molecule has 2 aromatic heterocycles. The number of piperidine rings is 1. The first-order chi connectivity index (χ1) is 14.6. The number of H-pyrrole nitrogens is 1. The van der Waals surface area contributed by atoms with Crippen molar-refractivity contribution in [3.05, 3.63) is 76.0 Å². The zero-order chi connectivity index (χ0) is 20.7. The number of hydrogen-bond donors (Lipinski definition) is 3. The van der Waals surface area contributed by atoms with Crippen molar-refractivity contribution in [3.63, 3.8) is 0 Å². The monoisotopic (exact) mass is 405 g/mol. The Bertz CT molecular complexity index is 1320. The molecule has 0 atom stereocenters. The second-order valence-electron chi connectivity index (χ2n) is 7.48. The molecule has 0 unspecified atom stereocenters. The van der Waals surface area contributed by atoms with Crippen LogP contribution in [0.1, 0.15) is 34.8 Å². The van der Waals surface area contributed by atoms with Gasteiger partial charge in [0, 0.05) is 12.0 Å². The van der Waals surface area contributed by atoms with Crippen LogP contribution in [0.25, 0.3) is 16.6 Å². The number of benzene rings is 2. The van der Waals surface area contributed by atoms with Gasteiger partial charge in [0.15, 0.2) is 0 Å². The van der Waals surface area contributed by atoms with E-state index in [9.17, 15) is 14.0 Å². The van der Waals surface area contributed by atoms with Gasteiger partial charge in [-0.05, 0) is 50.2 Å². The second-order valence-corrected chi connectivity index (χ2v) is 7.48. The van der Waals surface area contributed by atoms with Crippen LogP contribution in [0, 0.1) is 5.82 Å². The van der Waals surface area contributed by atoms with Crippen LogP contribution in [0.15, 0.2) is 53.3 Å². The smallest absolute Gasteiger partial charge is 0.258 e. The van der Waals surface area contributed by atoms with Crippen molar-refractivity contribution >= 4 is 28.1 Å². The summed E-state index contributed by atoms with van der Waals surface area (Å²) < 4.78 is 15.8. The molecule has 1 fully saturated rings. The third-order valence-electron chi connectivity index (χ3n) is 5.59. The Morgan fingerprint density at radius 3 is 2.73 bits per heavy atom.